The Morgan fingerprint density at radius 1 is 1.12 bits per heavy atom. The Morgan fingerprint density at radius 2 is 1.76 bits per heavy atom. The number of carbonyl (C=O) groups is 2. The van der Waals surface area contributed by atoms with Crippen LogP contribution < -0.4 is 5.32 Å². The summed E-state index contributed by atoms with van der Waals surface area (Å²) in [5.74, 6) is 0.788. The predicted molar refractivity (Wildman–Crippen MR) is 142 cm³/mol. The maximum atomic E-state index is 13.4. The van der Waals surface area contributed by atoms with Gasteiger partial charge in [0.2, 0.25) is 11.8 Å². The summed E-state index contributed by atoms with van der Waals surface area (Å²) in [5, 5.41) is 4.15. The fourth-order valence-electron chi connectivity index (χ4n) is 4.06. The Morgan fingerprint density at radius 3 is 2.36 bits per heavy atom. The fraction of sp³-hybridized carbons (Fsp3) is 0.440. The van der Waals surface area contributed by atoms with Gasteiger partial charge in [-0.05, 0) is 49.1 Å². The van der Waals surface area contributed by atoms with Crippen molar-refractivity contribution >= 4 is 62.7 Å². The fourth-order valence-corrected chi connectivity index (χ4v) is 5.71. The highest BCUT2D eigenvalue weighted by Gasteiger charge is 2.31. The van der Waals surface area contributed by atoms with Gasteiger partial charge in [0.15, 0.2) is 0 Å². The van der Waals surface area contributed by atoms with Crippen LogP contribution in [0, 0.1) is 0 Å². The molecule has 2 aromatic rings. The van der Waals surface area contributed by atoms with E-state index < -0.39 is 6.04 Å². The molecule has 1 aliphatic carbocycles. The molecule has 2 aromatic carbocycles. The molecule has 2 amide bonds. The van der Waals surface area contributed by atoms with Crippen molar-refractivity contribution in [3.05, 3.63) is 68.1 Å². The van der Waals surface area contributed by atoms with Gasteiger partial charge in [-0.25, -0.2) is 0 Å². The normalized spacial score (nSPS) is 14.8. The van der Waals surface area contributed by atoms with Crippen molar-refractivity contribution in [2.75, 3.05) is 5.75 Å². The topological polar surface area (TPSA) is 49.4 Å². The lowest BCUT2D eigenvalue weighted by Crippen LogP contribution is -2.51. The molecule has 0 aromatic heterocycles. The molecule has 1 saturated carbocycles. The number of thioether (sulfide) groups is 1. The first-order chi connectivity index (χ1) is 15.9. The molecule has 0 aliphatic heterocycles. The van der Waals surface area contributed by atoms with Crippen LogP contribution in [0.3, 0.4) is 0 Å². The van der Waals surface area contributed by atoms with E-state index in [9.17, 15) is 9.59 Å². The Labute approximate surface area is 218 Å². The molecule has 3 rings (SSSR count). The number of nitrogens with zero attached hydrogens (tertiary/aromatic N) is 1. The highest BCUT2D eigenvalue weighted by molar-refractivity contribution is 9.10. The molecule has 1 aliphatic rings. The Kier molecular flexibility index (Phi) is 10.4. The first-order valence-electron chi connectivity index (χ1n) is 11.2. The molecule has 4 nitrogen and oxygen atoms in total. The molecule has 178 valence electrons. The molecule has 8 heteroatoms. The van der Waals surface area contributed by atoms with Gasteiger partial charge in [0.1, 0.15) is 6.04 Å². The van der Waals surface area contributed by atoms with Crippen LogP contribution in [0.15, 0.2) is 46.9 Å². The quantitative estimate of drug-likeness (QED) is 0.339. The lowest BCUT2D eigenvalue weighted by Gasteiger charge is -2.32. The largest absolute Gasteiger partial charge is 0.352 e. The van der Waals surface area contributed by atoms with Gasteiger partial charge in [0.05, 0.1) is 5.75 Å². The molecule has 33 heavy (non-hydrogen) atoms. The molecule has 1 atom stereocenters. The summed E-state index contributed by atoms with van der Waals surface area (Å²) in [6.45, 7) is 2.13. The van der Waals surface area contributed by atoms with Crippen molar-refractivity contribution in [2.24, 2.45) is 0 Å². The smallest absolute Gasteiger partial charge is 0.243 e. The van der Waals surface area contributed by atoms with Crippen LogP contribution in [0.25, 0.3) is 0 Å². The van der Waals surface area contributed by atoms with Crippen molar-refractivity contribution in [1.29, 1.82) is 0 Å². The second kappa shape index (κ2) is 13.0. The molecule has 1 N–H and O–H groups in total. The molecule has 1 fully saturated rings. The number of rotatable bonds is 10. The Hall–Kier alpha value is -1.21. The molecule has 0 saturated heterocycles. The first kappa shape index (κ1) is 26.4. The van der Waals surface area contributed by atoms with Crippen LogP contribution in [-0.4, -0.2) is 34.6 Å². The van der Waals surface area contributed by atoms with E-state index in [1.54, 1.807) is 23.1 Å². The third-order valence-electron chi connectivity index (χ3n) is 5.89. The maximum absolute atomic E-state index is 13.4. The summed E-state index contributed by atoms with van der Waals surface area (Å²) in [7, 11) is 0. The van der Waals surface area contributed by atoms with Crippen molar-refractivity contribution in [3.8, 4) is 0 Å². The minimum absolute atomic E-state index is 0.0958. The van der Waals surface area contributed by atoms with Gasteiger partial charge < -0.3 is 10.2 Å². The molecule has 0 bridgehead atoms. The van der Waals surface area contributed by atoms with Gasteiger partial charge in [-0.1, -0.05) is 77.1 Å². The lowest BCUT2D eigenvalue weighted by atomic mass is 10.1. The van der Waals surface area contributed by atoms with E-state index in [1.807, 2.05) is 31.2 Å². The van der Waals surface area contributed by atoms with Gasteiger partial charge in [0, 0.05) is 38.4 Å². The number of hydrogen-bond donors (Lipinski definition) is 1. The van der Waals surface area contributed by atoms with Crippen LogP contribution in [0.2, 0.25) is 10.0 Å². The molecule has 1 unspecified atom stereocenters. The van der Waals surface area contributed by atoms with E-state index in [0.29, 0.717) is 27.8 Å². The van der Waals surface area contributed by atoms with Gasteiger partial charge in [0.25, 0.3) is 0 Å². The predicted octanol–water partition coefficient (Wildman–Crippen LogP) is 6.86. The minimum Gasteiger partial charge on any atom is -0.352 e. The number of hydrogen-bond acceptors (Lipinski definition) is 3. The number of nitrogens with one attached hydrogen (secondary N) is 1. The number of carbonyl (C=O) groups excluding carboxylic acids is 2. The zero-order valence-electron chi connectivity index (χ0n) is 18.7. The third kappa shape index (κ3) is 7.64. The standard InChI is InChI=1S/C25H29BrCl2N2O2S/c1-2-23(25(32)29-19-6-3-4-7-19)30(14-20-21(27)8-5-9-22(20)28)24(31)16-33-15-17-10-12-18(26)13-11-17/h5,8-13,19,23H,2-4,6-7,14-16H2,1H3,(H,29,32). The number of halogens is 3. The Bertz CT molecular complexity index is 932. The number of benzene rings is 2. The highest BCUT2D eigenvalue weighted by atomic mass is 79.9. The summed E-state index contributed by atoms with van der Waals surface area (Å²) < 4.78 is 1.02. The van der Waals surface area contributed by atoms with E-state index >= 15 is 0 Å². The van der Waals surface area contributed by atoms with Crippen molar-refractivity contribution in [3.63, 3.8) is 0 Å². The summed E-state index contributed by atoms with van der Waals surface area (Å²) in [6.07, 6.45) is 4.77. The second-order valence-corrected chi connectivity index (χ2v) is 11.0. The highest BCUT2D eigenvalue weighted by Crippen LogP contribution is 2.28. The summed E-state index contributed by atoms with van der Waals surface area (Å²) in [6, 6.07) is 13.0. The van der Waals surface area contributed by atoms with E-state index in [4.69, 9.17) is 23.2 Å². The average Bonchev–Trinajstić information content (AvgIpc) is 3.30. The van der Waals surface area contributed by atoms with Crippen LogP contribution in [-0.2, 0) is 21.9 Å². The monoisotopic (exact) mass is 570 g/mol. The van der Waals surface area contributed by atoms with Gasteiger partial charge >= 0.3 is 0 Å². The summed E-state index contributed by atoms with van der Waals surface area (Å²) >= 11 is 17.8. The van der Waals surface area contributed by atoms with Crippen LogP contribution in [0.4, 0.5) is 0 Å². The van der Waals surface area contributed by atoms with Gasteiger partial charge in [-0.15, -0.1) is 11.8 Å². The van der Waals surface area contributed by atoms with Crippen LogP contribution in [0.1, 0.15) is 50.2 Å². The average molecular weight is 572 g/mol. The van der Waals surface area contributed by atoms with Crippen LogP contribution >= 0.6 is 50.9 Å². The van der Waals surface area contributed by atoms with E-state index in [2.05, 4.69) is 21.2 Å². The molecule has 0 spiro atoms. The van der Waals surface area contributed by atoms with Crippen molar-refractivity contribution in [2.45, 2.75) is 63.4 Å². The van der Waals surface area contributed by atoms with E-state index in [1.165, 1.54) is 11.8 Å². The number of amides is 2. The van der Waals surface area contributed by atoms with E-state index in [-0.39, 0.29) is 30.2 Å². The Balaban J connectivity index is 1.74. The molecule has 0 radical (unpaired) electrons. The maximum Gasteiger partial charge on any atom is 0.243 e. The molecular formula is C25H29BrCl2N2O2S. The zero-order chi connectivity index (χ0) is 23.8. The minimum atomic E-state index is -0.571. The van der Waals surface area contributed by atoms with Crippen molar-refractivity contribution < 1.29 is 9.59 Å². The lowest BCUT2D eigenvalue weighted by molar-refractivity contribution is -0.139. The van der Waals surface area contributed by atoms with Gasteiger partial charge in [-0.3, -0.25) is 9.59 Å². The summed E-state index contributed by atoms with van der Waals surface area (Å²) in [5.41, 5.74) is 1.81. The zero-order valence-corrected chi connectivity index (χ0v) is 22.6. The van der Waals surface area contributed by atoms with Crippen LogP contribution in [0.5, 0.6) is 0 Å². The van der Waals surface area contributed by atoms with Crippen molar-refractivity contribution in [1.82, 2.24) is 10.2 Å². The van der Waals surface area contributed by atoms with E-state index in [0.717, 1.165) is 35.7 Å². The summed E-state index contributed by atoms with van der Waals surface area (Å²) in [4.78, 5) is 28.2. The molecular weight excluding hydrogens is 543 g/mol. The first-order valence-corrected chi connectivity index (χ1v) is 13.9. The molecule has 0 heterocycles. The second-order valence-electron chi connectivity index (χ2n) is 8.26. The third-order valence-corrected chi connectivity index (χ3v) is 8.11. The SMILES string of the molecule is CCC(C(=O)NC1CCCC1)N(Cc1c(Cl)cccc1Cl)C(=O)CSCc1ccc(Br)cc1. The van der Waals surface area contributed by atoms with Gasteiger partial charge in [-0.2, -0.15) is 0 Å².